The van der Waals surface area contributed by atoms with E-state index < -0.39 is 47.7 Å². The van der Waals surface area contributed by atoms with E-state index in [1.54, 1.807) is 27.7 Å². The highest BCUT2D eigenvalue weighted by molar-refractivity contribution is 5.91. The van der Waals surface area contributed by atoms with E-state index in [9.17, 15) is 19.5 Å². The maximum absolute atomic E-state index is 13.2. The number of aliphatic hydroxyl groups excluding tert-OH is 1. The van der Waals surface area contributed by atoms with Gasteiger partial charge in [-0.15, -0.1) is 0 Å². The molecule has 0 saturated heterocycles. The van der Waals surface area contributed by atoms with Crippen molar-refractivity contribution in [2.75, 3.05) is 11.9 Å². The molecule has 0 aromatic heterocycles. The summed E-state index contributed by atoms with van der Waals surface area (Å²) < 4.78 is 5.34. The highest BCUT2D eigenvalue weighted by Crippen LogP contribution is 2.12. The number of hydrogen-bond acceptors (Lipinski definition) is 6. The average Bonchev–Trinajstić information content (AvgIpc) is 2.86. The number of rotatable bonds is 13. The van der Waals surface area contributed by atoms with Crippen LogP contribution in [0.4, 0.5) is 10.5 Å². The summed E-state index contributed by atoms with van der Waals surface area (Å²) in [5, 5.41) is 22.3. The Morgan fingerprint density at radius 1 is 0.846 bits per heavy atom. The van der Waals surface area contributed by atoms with E-state index in [-0.39, 0.29) is 18.9 Å². The Morgan fingerprint density at radius 3 is 2.00 bits per heavy atom. The minimum Gasteiger partial charge on any atom is -0.444 e. The number of para-hydroxylation sites is 1. The number of aliphatic hydroxyl groups is 1. The molecule has 9 heteroatoms. The predicted octanol–water partition coefficient (Wildman–Crippen LogP) is 3.63. The number of benzene rings is 2. The second kappa shape index (κ2) is 15.1. The Hall–Kier alpha value is -3.59. The number of amides is 3. The topological polar surface area (TPSA) is 129 Å². The van der Waals surface area contributed by atoms with Crippen LogP contribution in [0.15, 0.2) is 60.7 Å². The van der Waals surface area contributed by atoms with Gasteiger partial charge in [0, 0.05) is 18.7 Å². The Balaban J connectivity index is 2.04. The van der Waals surface area contributed by atoms with Gasteiger partial charge in [0.2, 0.25) is 11.8 Å². The van der Waals surface area contributed by atoms with Crippen LogP contribution in [0.3, 0.4) is 0 Å². The van der Waals surface area contributed by atoms with Crippen molar-refractivity contribution in [2.24, 2.45) is 5.92 Å². The Morgan fingerprint density at radius 2 is 1.44 bits per heavy atom. The number of anilines is 1. The van der Waals surface area contributed by atoms with Gasteiger partial charge in [-0.1, -0.05) is 62.4 Å². The zero-order valence-electron chi connectivity index (χ0n) is 23.9. The number of ether oxygens (including phenoxy) is 1. The fourth-order valence-electron chi connectivity index (χ4n) is 3.94. The average molecular weight is 541 g/mol. The standard InChI is InChI=1S/C30H44N4O5/c1-20(2)17-24(26(35)19-31-23-15-11-8-12-16-23)33-27(36)21(3)32-28(37)25(18-22-13-9-7-10-14-22)34-29(38)39-30(4,5)6/h7-16,20-21,24-26,31,35H,17-19H2,1-6H3,(H,32,37)(H,33,36)(H,34,38)/t21-,24+,25-,26+/m0/s1. The Bertz CT molecular complexity index is 1040. The molecule has 39 heavy (non-hydrogen) atoms. The van der Waals surface area contributed by atoms with Gasteiger partial charge in [0.05, 0.1) is 12.1 Å². The van der Waals surface area contributed by atoms with E-state index in [1.807, 2.05) is 74.5 Å². The third kappa shape index (κ3) is 12.2. The highest BCUT2D eigenvalue weighted by atomic mass is 16.6. The summed E-state index contributed by atoms with van der Waals surface area (Å²) in [6.07, 6.45) is -0.790. The molecule has 5 N–H and O–H groups in total. The molecule has 0 bridgehead atoms. The quantitative estimate of drug-likeness (QED) is 0.264. The van der Waals surface area contributed by atoms with Gasteiger partial charge < -0.3 is 31.1 Å². The molecule has 0 aliphatic carbocycles. The van der Waals surface area contributed by atoms with Crippen molar-refractivity contribution in [3.05, 3.63) is 66.2 Å². The molecule has 2 rings (SSSR count). The van der Waals surface area contributed by atoms with Crippen LogP contribution in [0.2, 0.25) is 0 Å². The number of alkyl carbamates (subject to hydrolysis) is 1. The molecule has 214 valence electrons. The van der Waals surface area contributed by atoms with E-state index in [2.05, 4.69) is 21.3 Å². The molecule has 0 unspecified atom stereocenters. The smallest absolute Gasteiger partial charge is 0.408 e. The molecule has 2 aromatic rings. The van der Waals surface area contributed by atoms with E-state index >= 15 is 0 Å². The van der Waals surface area contributed by atoms with Gasteiger partial charge in [-0.25, -0.2) is 4.79 Å². The summed E-state index contributed by atoms with van der Waals surface area (Å²) in [6, 6.07) is 16.4. The summed E-state index contributed by atoms with van der Waals surface area (Å²) in [7, 11) is 0. The lowest BCUT2D eigenvalue weighted by Gasteiger charge is -2.28. The first-order chi connectivity index (χ1) is 18.3. The lowest BCUT2D eigenvalue weighted by atomic mass is 9.98. The summed E-state index contributed by atoms with van der Waals surface area (Å²) in [4.78, 5) is 38.7. The van der Waals surface area contributed by atoms with Crippen molar-refractivity contribution in [2.45, 2.75) is 84.2 Å². The summed E-state index contributed by atoms with van der Waals surface area (Å²) in [5.74, 6) is -0.720. The normalized spacial score (nSPS) is 14.5. The first-order valence-corrected chi connectivity index (χ1v) is 13.4. The van der Waals surface area contributed by atoms with Gasteiger partial charge in [-0.3, -0.25) is 9.59 Å². The number of carbonyl (C=O) groups is 3. The summed E-state index contributed by atoms with van der Waals surface area (Å²) in [5.41, 5.74) is 0.984. The second-order valence-electron chi connectivity index (χ2n) is 11.2. The first kappa shape index (κ1) is 31.6. The van der Waals surface area contributed by atoms with Crippen LogP contribution in [0.1, 0.15) is 53.5 Å². The molecule has 0 spiro atoms. The first-order valence-electron chi connectivity index (χ1n) is 13.4. The molecular weight excluding hydrogens is 496 g/mol. The number of hydrogen-bond donors (Lipinski definition) is 5. The van der Waals surface area contributed by atoms with Gasteiger partial charge >= 0.3 is 6.09 Å². The molecule has 3 amide bonds. The van der Waals surface area contributed by atoms with E-state index in [4.69, 9.17) is 4.74 Å². The molecule has 0 radical (unpaired) electrons. The zero-order valence-corrected chi connectivity index (χ0v) is 23.9. The number of nitrogens with one attached hydrogen (secondary N) is 4. The van der Waals surface area contributed by atoms with E-state index in [1.165, 1.54) is 0 Å². The van der Waals surface area contributed by atoms with Crippen molar-refractivity contribution < 1.29 is 24.2 Å². The summed E-state index contributed by atoms with van der Waals surface area (Å²) >= 11 is 0. The Labute approximate surface area is 232 Å². The maximum atomic E-state index is 13.2. The Kier molecular flexibility index (Phi) is 12.3. The van der Waals surface area contributed by atoms with Crippen molar-refractivity contribution in [1.82, 2.24) is 16.0 Å². The second-order valence-corrected chi connectivity index (χ2v) is 11.2. The van der Waals surface area contributed by atoms with Crippen LogP contribution in [0, 0.1) is 5.92 Å². The molecule has 0 heterocycles. The number of carbonyl (C=O) groups excluding carboxylic acids is 3. The van der Waals surface area contributed by atoms with Crippen molar-refractivity contribution in [3.8, 4) is 0 Å². The molecule has 0 saturated carbocycles. The van der Waals surface area contributed by atoms with Gasteiger partial charge in [0.15, 0.2) is 0 Å². The van der Waals surface area contributed by atoms with E-state index in [0.717, 1.165) is 11.3 Å². The molecule has 2 aromatic carbocycles. The van der Waals surface area contributed by atoms with Crippen LogP contribution >= 0.6 is 0 Å². The van der Waals surface area contributed by atoms with Gasteiger partial charge in [-0.2, -0.15) is 0 Å². The molecule has 9 nitrogen and oxygen atoms in total. The third-order valence-electron chi connectivity index (χ3n) is 5.85. The van der Waals surface area contributed by atoms with Crippen molar-refractivity contribution in [3.63, 3.8) is 0 Å². The van der Waals surface area contributed by atoms with Gasteiger partial charge in [0.1, 0.15) is 17.7 Å². The largest absolute Gasteiger partial charge is 0.444 e. The van der Waals surface area contributed by atoms with Crippen LogP contribution in [0.25, 0.3) is 0 Å². The molecule has 0 aliphatic rings. The van der Waals surface area contributed by atoms with E-state index in [0.29, 0.717) is 6.42 Å². The monoisotopic (exact) mass is 540 g/mol. The highest BCUT2D eigenvalue weighted by Gasteiger charge is 2.29. The fraction of sp³-hybridized carbons (Fsp3) is 0.500. The summed E-state index contributed by atoms with van der Waals surface area (Å²) in [6.45, 7) is 11.1. The van der Waals surface area contributed by atoms with Gasteiger partial charge in [0.25, 0.3) is 0 Å². The minimum atomic E-state index is -0.954. The minimum absolute atomic E-state index is 0.222. The lowest BCUT2D eigenvalue weighted by Crippen LogP contribution is -2.56. The molecular formula is C30H44N4O5. The molecule has 0 aliphatic heterocycles. The predicted molar refractivity (Wildman–Crippen MR) is 153 cm³/mol. The van der Waals surface area contributed by atoms with Gasteiger partial charge in [-0.05, 0) is 57.7 Å². The zero-order chi connectivity index (χ0) is 29.0. The van der Waals surface area contributed by atoms with Crippen LogP contribution in [-0.4, -0.2) is 59.4 Å². The van der Waals surface area contributed by atoms with Crippen molar-refractivity contribution in [1.29, 1.82) is 0 Å². The maximum Gasteiger partial charge on any atom is 0.408 e. The van der Waals surface area contributed by atoms with Crippen LogP contribution in [0.5, 0.6) is 0 Å². The molecule has 4 atom stereocenters. The molecule has 0 fully saturated rings. The SMILES string of the molecule is CC(C)C[C@@H](NC(=O)[C@H](C)NC(=O)[C@H](Cc1ccccc1)NC(=O)OC(C)(C)C)[C@H](O)CNc1ccccc1. The fourth-order valence-corrected chi connectivity index (χ4v) is 3.94. The third-order valence-corrected chi connectivity index (χ3v) is 5.85. The van der Waals surface area contributed by atoms with Crippen molar-refractivity contribution >= 4 is 23.6 Å². The van der Waals surface area contributed by atoms with Crippen LogP contribution in [-0.2, 0) is 20.7 Å². The lowest BCUT2D eigenvalue weighted by molar-refractivity contribution is -0.130. The van der Waals surface area contributed by atoms with Crippen LogP contribution < -0.4 is 21.3 Å².